The number of likely N-dealkylation sites (tertiary alicyclic amines) is 2. The minimum absolute atomic E-state index is 0.0292. The summed E-state index contributed by atoms with van der Waals surface area (Å²) in [6, 6.07) is 6.82. The first-order chi connectivity index (χ1) is 20.0. The van der Waals surface area contributed by atoms with Crippen molar-refractivity contribution in [1.82, 2.24) is 14.8 Å². The molecule has 1 unspecified atom stereocenters. The van der Waals surface area contributed by atoms with Gasteiger partial charge in [0.2, 0.25) is 11.8 Å². The van der Waals surface area contributed by atoms with E-state index in [0.29, 0.717) is 62.6 Å². The third-order valence-electron chi connectivity index (χ3n) is 9.26. The lowest BCUT2D eigenvalue weighted by Gasteiger charge is -2.61. The number of hydrogen-bond donors (Lipinski definition) is 0. The zero-order valence-electron chi connectivity index (χ0n) is 24.0. The van der Waals surface area contributed by atoms with Gasteiger partial charge in [-0.25, -0.2) is 4.98 Å². The number of fused-ring (bicyclic) bond motifs is 1. The first kappa shape index (κ1) is 28.3. The molecule has 222 valence electrons. The number of halogens is 3. The molecule has 4 aliphatic rings. The number of anilines is 2. The van der Waals surface area contributed by atoms with Gasteiger partial charge in [-0.3, -0.25) is 4.79 Å². The van der Waals surface area contributed by atoms with E-state index in [9.17, 15) is 23.2 Å². The van der Waals surface area contributed by atoms with Crippen molar-refractivity contribution in [3.8, 4) is 11.9 Å². The maximum atomic E-state index is 14.0. The highest BCUT2D eigenvalue weighted by atomic mass is 19.4. The third kappa shape index (κ3) is 4.85. The molecule has 3 saturated heterocycles. The van der Waals surface area contributed by atoms with Crippen LogP contribution in [-0.4, -0.2) is 79.7 Å². The summed E-state index contributed by atoms with van der Waals surface area (Å²) in [7, 11) is 2.05. The number of benzene rings is 1. The number of nitrogens with zero attached hydrogens (tertiary/aromatic N) is 6. The van der Waals surface area contributed by atoms with E-state index in [1.807, 2.05) is 0 Å². The van der Waals surface area contributed by atoms with Crippen LogP contribution in [0.25, 0.3) is 0 Å². The molecule has 6 rings (SSSR count). The van der Waals surface area contributed by atoms with Gasteiger partial charge < -0.3 is 24.3 Å². The van der Waals surface area contributed by atoms with Gasteiger partial charge in [0.15, 0.2) is 0 Å². The zero-order valence-corrected chi connectivity index (χ0v) is 24.0. The Morgan fingerprint density at radius 1 is 1.21 bits per heavy atom. The normalized spacial score (nSPS) is 21.4. The van der Waals surface area contributed by atoms with E-state index in [0.717, 1.165) is 36.7 Å². The molecule has 1 aromatic carbocycles. The highest BCUT2D eigenvalue weighted by molar-refractivity contribution is 5.88. The average Bonchev–Trinajstić information content (AvgIpc) is 3.33. The Bertz CT molecular complexity index is 1450. The monoisotopic (exact) mass is 580 g/mol. The molecule has 0 saturated carbocycles. The second kappa shape index (κ2) is 10.5. The summed E-state index contributed by atoms with van der Waals surface area (Å²) in [6.45, 7) is 9.84. The molecule has 1 amide bonds. The van der Waals surface area contributed by atoms with E-state index in [-0.39, 0.29) is 35.5 Å². The summed E-state index contributed by atoms with van der Waals surface area (Å²) in [5, 5.41) is 10.3. The largest absolute Gasteiger partial charge is 0.475 e. The van der Waals surface area contributed by atoms with E-state index >= 15 is 0 Å². The highest BCUT2D eigenvalue weighted by Crippen LogP contribution is 2.47. The number of para-hydroxylation sites is 1. The Morgan fingerprint density at radius 2 is 1.98 bits per heavy atom. The van der Waals surface area contributed by atoms with Crippen molar-refractivity contribution >= 4 is 17.3 Å². The van der Waals surface area contributed by atoms with Crippen LogP contribution >= 0.6 is 0 Å². The lowest BCUT2D eigenvalue weighted by atomic mass is 9.72. The maximum absolute atomic E-state index is 14.0. The van der Waals surface area contributed by atoms with Crippen LogP contribution in [0.1, 0.15) is 40.8 Å². The quantitative estimate of drug-likeness (QED) is 0.476. The SMILES string of the molecule is C=CC(=O)N1CC2(C1)CN(c1c(C#N)c(OCC3CCCN3C)nc3c1CCN(c1c(C)cccc1C(F)(F)F)C3)C2. The summed E-state index contributed by atoms with van der Waals surface area (Å²) < 4.78 is 48.3. The number of alkyl halides is 3. The highest BCUT2D eigenvalue weighted by Gasteiger charge is 2.54. The van der Waals surface area contributed by atoms with E-state index in [1.54, 1.807) is 22.8 Å². The Morgan fingerprint density at radius 3 is 2.62 bits per heavy atom. The van der Waals surface area contributed by atoms with Crippen LogP contribution in [0.15, 0.2) is 30.9 Å². The first-order valence-electron chi connectivity index (χ1n) is 14.4. The molecule has 1 spiro atoms. The third-order valence-corrected chi connectivity index (χ3v) is 9.26. The number of amides is 1. The summed E-state index contributed by atoms with van der Waals surface area (Å²) in [5.74, 6) is 0.160. The summed E-state index contributed by atoms with van der Waals surface area (Å²) in [5.41, 5.74) is 2.72. The van der Waals surface area contributed by atoms with Crippen molar-refractivity contribution in [1.29, 1.82) is 5.26 Å². The molecular weight excluding hydrogens is 545 g/mol. The number of carbonyl (C=O) groups excluding carboxylic acids is 1. The summed E-state index contributed by atoms with van der Waals surface area (Å²) in [4.78, 5) is 24.7. The molecule has 42 heavy (non-hydrogen) atoms. The van der Waals surface area contributed by atoms with Gasteiger partial charge in [0.25, 0.3) is 0 Å². The number of nitriles is 1. The predicted octanol–water partition coefficient (Wildman–Crippen LogP) is 4.15. The van der Waals surface area contributed by atoms with Crippen molar-refractivity contribution in [3.05, 3.63) is 58.8 Å². The smallest absolute Gasteiger partial charge is 0.418 e. The molecule has 5 heterocycles. The van der Waals surface area contributed by atoms with Gasteiger partial charge in [-0.05, 0) is 57.5 Å². The van der Waals surface area contributed by atoms with Gasteiger partial charge >= 0.3 is 6.18 Å². The summed E-state index contributed by atoms with van der Waals surface area (Å²) >= 11 is 0. The van der Waals surface area contributed by atoms with Crippen LogP contribution < -0.4 is 14.5 Å². The fourth-order valence-corrected chi connectivity index (χ4v) is 7.12. The number of ether oxygens (including phenoxy) is 1. The molecule has 8 nitrogen and oxygen atoms in total. The number of aryl methyl sites for hydroxylation is 1. The lowest BCUT2D eigenvalue weighted by molar-refractivity contribution is -0.139. The van der Waals surface area contributed by atoms with Crippen molar-refractivity contribution < 1.29 is 22.7 Å². The molecule has 0 aliphatic carbocycles. The standard InChI is InChI=1S/C31H35F3N6O2/c1-4-26(41)39-16-30(17-39)18-40(19-30)28-22-10-12-38(27-20(2)7-5-9-24(27)31(32,33)34)14-25(22)36-29(23(28)13-35)42-15-21-8-6-11-37(21)3/h4-5,7,9,21H,1,6,8,10-12,14-19H2,2-3H3. The number of likely N-dealkylation sites (N-methyl/N-ethyl adjacent to an activating group) is 1. The van der Waals surface area contributed by atoms with Gasteiger partial charge in [-0.1, -0.05) is 18.7 Å². The molecule has 0 bridgehead atoms. The van der Waals surface area contributed by atoms with E-state index < -0.39 is 11.7 Å². The van der Waals surface area contributed by atoms with Gasteiger partial charge in [-0.15, -0.1) is 0 Å². The molecule has 1 aromatic heterocycles. The van der Waals surface area contributed by atoms with E-state index in [2.05, 4.69) is 29.5 Å². The van der Waals surface area contributed by atoms with Crippen LogP contribution in [-0.2, 0) is 23.9 Å². The molecular formula is C31H35F3N6O2. The second-order valence-electron chi connectivity index (χ2n) is 12.2. The Hall–Kier alpha value is -3.78. The first-order valence-corrected chi connectivity index (χ1v) is 14.4. The molecule has 0 radical (unpaired) electrons. The van der Waals surface area contributed by atoms with Crippen LogP contribution in [0.5, 0.6) is 5.88 Å². The Labute approximate surface area is 243 Å². The van der Waals surface area contributed by atoms with E-state index in [1.165, 1.54) is 12.1 Å². The van der Waals surface area contributed by atoms with Crippen molar-refractivity contribution in [3.63, 3.8) is 0 Å². The molecule has 4 aliphatic heterocycles. The number of carbonyl (C=O) groups is 1. The predicted molar refractivity (Wildman–Crippen MR) is 152 cm³/mol. The van der Waals surface area contributed by atoms with Crippen molar-refractivity contribution in [2.45, 2.75) is 44.9 Å². The fraction of sp³-hybridized carbons (Fsp3) is 0.516. The van der Waals surface area contributed by atoms with Crippen LogP contribution in [0.3, 0.4) is 0 Å². The van der Waals surface area contributed by atoms with Gasteiger partial charge in [0.05, 0.1) is 29.2 Å². The number of pyridine rings is 1. The second-order valence-corrected chi connectivity index (χ2v) is 12.2. The molecule has 2 aromatic rings. The topological polar surface area (TPSA) is 75.9 Å². The van der Waals surface area contributed by atoms with Gasteiger partial charge in [0, 0.05) is 49.7 Å². The number of hydrogen-bond acceptors (Lipinski definition) is 7. The number of rotatable bonds is 6. The molecule has 1 atom stereocenters. The van der Waals surface area contributed by atoms with Crippen molar-refractivity contribution in [2.24, 2.45) is 5.41 Å². The average molecular weight is 581 g/mol. The van der Waals surface area contributed by atoms with Crippen LogP contribution in [0.2, 0.25) is 0 Å². The van der Waals surface area contributed by atoms with E-state index in [4.69, 9.17) is 9.72 Å². The zero-order chi connectivity index (χ0) is 29.8. The van der Waals surface area contributed by atoms with Crippen molar-refractivity contribution in [2.75, 3.05) is 62.7 Å². The molecule has 11 heteroatoms. The minimum Gasteiger partial charge on any atom is -0.475 e. The van der Waals surface area contributed by atoms with Gasteiger partial charge in [-0.2, -0.15) is 18.4 Å². The molecule has 3 fully saturated rings. The maximum Gasteiger partial charge on any atom is 0.418 e. The Balaban J connectivity index is 1.34. The molecule has 0 N–H and O–H groups in total. The van der Waals surface area contributed by atoms with Crippen LogP contribution in [0.4, 0.5) is 24.5 Å². The lowest BCUT2D eigenvalue weighted by Crippen LogP contribution is -2.73. The minimum atomic E-state index is -4.48. The van der Waals surface area contributed by atoms with Gasteiger partial charge in [0.1, 0.15) is 18.2 Å². The Kier molecular flexibility index (Phi) is 7.08. The summed E-state index contributed by atoms with van der Waals surface area (Å²) in [6.07, 6.45) is -0.638. The van der Waals surface area contributed by atoms with Crippen LogP contribution in [0, 0.1) is 23.7 Å². The number of aromatic nitrogens is 1. The fourth-order valence-electron chi connectivity index (χ4n) is 7.12.